The second-order valence-corrected chi connectivity index (χ2v) is 7.94. The van der Waals surface area contributed by atoms with Crippen LogP contribution < -0.4 is 9.47 Å². The van der Waals surface area contributed by atoms with Gasteiger partial charge in [-0.25, -0.2) is 5.01 Å². The van der Waals surface area contributed by atoms with Gasteiger partial charge < -0.3 is 14.4 Å². The zero-order chi connectivity index (χ0) is 20.0. The van der Waals surface area contributed by atoms with Crippen molar-refractivity contribution in [3.63, 3.8) is 0 Å². The molecule has 1 fully saturated rings. The van der Waals surface area contributed by atoms with Gasteiger partial charge in [0.1, 0.15) is 11.5 Å². The highest BCUT2D eigenvalue weighted by Crippen LogP contribution is 2.49. The molecule has 0 N–H and O–H groups in total. The number of methoxy groups -OCH3 is 1. The fourth-order valence-electron chi connectivity index (χ4n) is 4.71. The molecule has 6 heteroatoms. The van der Waals surface area contributed by atoms with Gasteiger partial charge in [0.05, 0.1) is 18.9 Å². The molecule has 150 valence electrons. The first-order valence-corrected chi connectivity index (χ1v) is 10.1. The van der Waals surface area contributed by atoms with E-state index in [9.17, 15) is 4.79 Å². The Morgan fingerprint density at radius 3 is 2.72 bits per heavy atom. The van der Waals surface area contributed by atoms with Crippen LogP contribution in [0.25, 0.3) is 0 Å². The van der Waals surface area contributed by atoms with E-state index in [4.69, 9.17) is 14.6 Å². The summed E-state index contributed by atoms with van der Waals surface area (Å²) in [7, 11) is 1.68. The third kappa shape index (κ3) is 2.94. The van der Waals surface area contributed by atoms with Crippen LogP contribution in [0.3, 0.4) is 0 Å². The highest BCUT2D eigenvalue weighted by Gasteiger charge is 2.52. The minimum Gasteiger partial charge on any atom is -0.497 e. The molecular formula is C23H25N3O3. The number of amides is 1. The Bertz CT molecular complexity index is 979. The van der Waals surface area contributed by atoms with Gasteiger partial charge in [-0.2, -0.15) is 5.10 Å². The fourth-order valence-corrected chi connectivity index (χ4v) is 4.71. The van der Waals surface area contributed by atoms with Crippen molar-refractivity contribution in [2.75, 3.05) is 20.2 Å². The molecule has 3 aliphatic rings. The van der Waals surface area contributed by atoms with E-state index < -0.39 is 5.72 Å². The van der Waals surface area contributed by atoms with Crippen molar-refractivity contribution in [1.82, 2.24) is 9.91 Å². The molecule has 3 aliphatic heterocycles. The zero-order valence-corrected chi connectivity index (χ0v) is 16.8. The van der Waals surface area contributed by atoms with Crippen LogP contribution in [-0.2, 0) is 4.79 Å². The van der Waals surface area contributed by atoms with E-state index in [1.807, 2.05) is 29.2 Å². The number of benzene rings is 2. The van der Waals surface area contributed by atoms with Gasteiger partial charge in [-0.3, -0.25) is 4.79 Å². The summed E-state index contributed by atoms with van der Waals surface area (Å²) in [5, 5.41) is 7.24. The third-order valence-corrected chi connectivity index (χ3v) is 6.30. The lowest BCUT2D eigenvalue weighted by Crippen LogP contribution is -2.59. The van der Waals surface area contributed by atoms with Gasteiger partial charge in [0.15, 0.2) is 0 Å². The number of carbonyl (C=O) groups is 1. The Morgan fingerprint density at radius 2 is 1.97 bits per heavy atom. The number of para-hydroxylation sites is 1. The molecule has 2 aromatic rings. The predicted octanol–water partition coefficient (Wildman–Crippen LogP) is 3.58. The topological polar surface area (TPSA) is 54.4 Å². The molecule has 1 saturated heterocycles. The minimum atomic E-state index is -0.508. The normalized spacial score (nSPS) is 21.9. The molecule has 6 nitrogen and oxygen atoms in total. The molecule has 0 saturated carbocycles. The van der Waals surface area contributed by atoms with Gasteiger partial charge in [0, 0.05) is 50.4 Å². The largest absolute Gasteiger partial charge is 0.497 e. The van der Waals surface area contributed by atoms with E-state index in [1.54, 1.807) is 14.0 Å². The average molecular weight is 391 g/mol. The van der Waals surface area contributed by atoms with Crippen molar-refractivity contribution < 1.29 is 14.3 Å². The molecule has 2 aromatic carbocycles. The highest BCUT2D eigenvalue weighted by molar-refractivity contribution is 6.02. The van der Waals surface area contributed by atoms with Crippen LogP contribution in [0.1, 0.15) is 43.4 Å². The number of likely N-dealkylation sites (tertiary alicyclic amines) is 1. The number of ether oxygens (including phenoxy) is 2. The monoisotopic (exact) mass is 391 g/mol. The Kier molecular flexibility index (Phi) is 4.23. The third-order valence-electron chi connectivity index (χ3n) is 6.30. The van der Waals surface area contributed by atoms with Gasteiger partial charge in [0.25, 0.3) is 0 Å². The van der Waals surface area contributed by atoms with Crippen molar-refractivity contribution in [2.45, 2.75) is 38.0 Å². The van der Waals surface area contributed by atoms with E-state index in [-0.39, 0.29) is 11.9 Å². The fraction of sp³-hybridized carbons (Fsp3) is 0.391. The van der Waals surface area contributed by atoms with Gasteiger partial charge in [-0.15, -0.1) is 0 Å². The lowest BCUT2D eigenvalue weighted by atomic mass is 9.90. The van der Waals surface area contributed by atoms with Crippen molar-refractivity contribution >= 4 is 11.6 Å². The summed E-state index contributed by atoms with van der Waals surface area (Å²) in [5.41, 5.74) is 2.79. The maximum absolute atomic E-state index is 11.8. The molecule has 1 amide bonds. The lowest BCUT2D eigenvalue weighted by Gasteiger charge is -2.51. The standard InChI is InChI=1S/C23H25N3O3/c1-16(27)25-12-10-23(11-13-25)26-21(19-8-3-4-9-22(19)29-23)15-20(24-26)17-6-5-7-18(14-17)28-2/h3-9,14,21H,10-13,15H2,1-2H3. The van der Waals surface area contributed by atoms with Crippen LogP contribution in [0, 0.1) is 0 Å². The van der Waals surface area contributed by atoms with Crippen molar-refractivity contribution in [3.05, 3.63) is 59.7 Å². The number of hydrogen-bond donors (Lipinski definition) is 0. The summed E-state index contributed by atoms with van der Waals surface area (Å²) in [6.07, 6.45) is 2.31. The second kappa shape index (κ2) is 6.79. The molecule has 0 radical (unpaired) electrons. The second-order valence-electron chi connectivity index (χ2n) is 7.94. The number of nitrogens with zero attached hydrogens (tertiary/aromatic N) is 3. The number of piperidine rings is 1. The first kappa shape index (κ1) is 18.0. The smallest absolute Gasteiger partial charge is 0.219 e. The molecule has 3 heterocycles. The van der Waals surface area contributed by atoms with Crippen molar-refractivity contribution in [2.24, 2.45) is 5.10 Å². The number of hydrazone groups is 1. The molecule has 1 atom stereocenters. The van der Waals surface area contributed by atoms with Crippen LogP contribution in [0.5, 0.6) is 11.5 Å². The van der Waals surface area contributed by atoms with E-state index in [2.05, 4.69) is 29.3 Å². The summed E-state index contributed by atoms with van der Waals surface area (Å²) in [6.45, 7) is 3.00. The van der Waals surface area contributed by atoms with Crippen LogP contribution in [-0.4, -0.2) is 47.5 Å². The maximum Gasteiger partial charge on any atom is 0.219 e. The molecule has 29 heavy (non-hydrogen) atoms. The summed E-state index contributed by atoms with van der Waals surface area (Å²) >= 11 is 0. The summed E-state index contributed by atoms with van der Waals surface area (Å²) < 4.78 is 12.0. The summed E-state index contributed by atoms with van der Waals surface area (Å²) in [5.74, 6) is 1.89. The Balaban J connectivity index is 1.53. The molecular weight excluding hydrogens is 366 g/mol. The molecule has 5 rings (SSSR count). The number of rotatable bonds is 2. The molecule has 0 aliphatic carbocycles. The van der Waals surface area contributed by atoms with Gasteiger partial charge in [-0.1, -0.05) is 30.3 Å². The maximum atomic E-state index is 11.8. The van der Waals surface area contributed by atoms with Crippen LogP contribution in [0.2, 0.25) is 0 Å². The lowest BCUT2D eigenvalue weighted by molar-refractivity contribution is -0.158. The van der Waals surface area contributed by atoms with Crippen molar-refractivity contribution in [3.8, 4) is 11.5 Å². The Morgan fingerprint density at radius 1 is 1.17 bits per heavy atom. The van der Waals surface area contributed by atoms with E-state index in [1.165, 1.54) is 5.56 Å². The van der Waals surface area contributed by atoms with Crippen molar-refractivity contribution in [1.29, 1.82) is 0 Å². The predicted molar refractivity (Wildman–Crippen MR) is 110 cm³/mol. The van der Waals surface area contributed by atoms with E-state index >= 15 is 0 Å². The number of fused-ring (bicyclic) bond motifs is 4. The highest BCUT2D eigenvalue weighted by atomic mass is 16.5. The Hall–Kier alpha value is -3.02. The zero-order valence-electron chi connectivity index (χ0n) is 16.8. The van der Waals surface area contributed by atoms with E-state index in [0.717, 1.165) is 42.0 Å². The first-order valence-electron chi connectivity index (χ1n) is 10.1. The molecule has 1 spiro atoms. The molecule has 1 unspecified atom stereocenters. The SMILES string of the molecule is COc1cccc(C2=NN3C(C2)c2ccccc2OC32CCN(C(C)=O)CC2)c1. The molecule has 0 aromatic heterocycles. The number of carbonyl (C=O) groups excluding carboxylic acids is 1. The quantitative estimate of drug-likeness (QED) is 0.785. The van der Waals surface area contributed by atoms with Crippen LogP contribution in [0.15, 0.2) is 53.6 Å². The summed E-state index contributed by atoms with van der Waals surface area (Å²) in [6, 6.07) is 16.5. The Labute approximate surface area is 170 Å². The van der Waals surface area contributed by atoms with Gasteiger partial charge in [0.2, 0.25) is 11.6 Å². The van der Waals surface area contributed by atoms with Gasteiger partial charge >= 0.3 is 0 Å². The summed E-state index contributed by atoms with van der Waals surface area (Å²) in [4.78, 5) is 13.7. The first-order chi connectivity index (χ1) is 14.1. The number of hydrogen-bond acceptors (Lipinski definition) is 5. The average Bonchev–Trinajstić information content (AvgIpc) is 3.21. The minimum absolute atomic E-state index is 0.120. The molecule has 0 bridgehead atoms. The van der Waals surface area contributed by atoms with Crippen LogP contribution >= 0.6 is 0 Å². The van der Waals surface area contributed by atoms with E-state index in [0.29, 0.717) is 13.1 Å². The van der Waals surface area contributed by atoms with Crippen LogP contribution in [0.4, 0.5) is 0 Å². The van der Waals surface area contributed by atoms with Gasteiger partial charge in [-0.05, 0) is 18.2 Å².